The van der Waals surface area contributed by atoms with Crippen LogP contribution in [0.2, 0.25) is 0 Å². The van der Waals surface area contributed by atoms with E-state index in [0.717, 1.165) is 11.1 Å². The molecule has 0 radical (unpaired) electrons. The highest BCUT2D eigenvalue weighted by Gasteiger charge is 2.17. The Morgan fingerprint density at radius 2 is 1.65 bits per heavy atom. The molecular formula is C27H33NO6. The highest BCUT2D eigenvalue weighted by Crippen LogP contribution is 2.13. The van der Waals surface area contributed by atoms with E-state index in [1.807, 2.05) is 30.3 Å². The Morgan fingerprint density at radius 1 is 0.941 bits per heavy atom. The van der Waals surface area contributed by atoms with Crippen molar-refractivity contribution in [2.75, 3.05) is 33.4 Å². The zero-order valence-electron chi connectivity index (χ0n) is 20.1. The van der Waals surface area contributed by atoms with Gasteiger partial charge >= 0.3 is 11.9 Å². The van der Waals surface area contributed by atoms with Gasteiger partial charge in [0.25, 0.3) is 0 Å². The molecule has 2 rings (SSSR count). The van der Waals surface area contributed by atoms with E-state index in [4.69, 9.17) is 14.2 Å². The third-order valence-corrected chi connectivity index (χ3v) is 5.03. The van der Waals surface area contributed by atoms with Gasteiger partial charge in [-0.2, -0.15) is 0 Å². The lowest BCUT2D eigenvalue weighted by Crippen LogP contribution is -2.35. The summed E-state index contributed by atoms with van der Waals surface area (Å²) in [7, 11) is 1.61. The first kappa shape index (κ1) is 26.8. The van der Waals surface area contributed by atoms with Gasteiger partial charge in [0, 0.05) is 32.4 Å². The summed E-state index contributed by atoms with van der Waals surface area (Å²) in [5.74, 6) is -0.898. The van der Waals surface area contributed by atoms with Gasteiger partial charge in [-0.3, -0.25) is 9.59 Å². The molecule has 2 aromatic rings. The Kier molecular flexibility index (Phi) is 11.5. The lowest BCUT2D eigenvalue weighted by atomic mass is 10.1. The standard InChI is InChI=1S/C27H33NO6/c1-4-33-25(29)15-17-28(16-8-18-32-3)26(30)21(2)19-22-11-13-24(14-12-22)27(31)34-20-23-9-6-5-7-10-23/h5-7,9-14,19H,4,8,15-18,20H2,1-3H3/b21-19+. The Hall–Kier alpha value is -3.45. The lowest BCUT2D eigenvalue weighted by molar-refractivity contribution is -0.143. The number of methoxy groups -OCH3 is 1. The van der Waals surface area contributed by atoms with Crippen LogP contribution in [-0.4, -0.2) is 56.2 Å². The number of amides is 1. The Balaban J connectivity index is 1.99. The first-order valence-corrected chi connectivity index (χ1v) is 11.4. The summed E-state index contributed by atoms with van der Waals surface area (Å²) in [6.45, 7) is 5.28. The van der Waals surface area contributed by atoms with E-state index >= 15 is 0 Å². The molecular weight excluding hydrogens is 434 g/mol. The normalized spacial score (nSPS) is 11.1. The summed E-state index contributed by atoms with van der Waals surface area (Å²) >= 11 is 0. The molecule has 1 amide bonds. The topological polar surface area (TPSA) is 82.1 Å². The van der Waals surface area contributed by atoms with Crippen molar-refractivity contribution < 1.29 is 28.6 Å². The fourth-order valence-corrected chi connectivity index (χ4v) is 3.26. The maximum atomic E-state index is 13.0. The highest BCUT2D eigenvalue weighted by molar-refractivity contribution is 5.97. The number of ether oxygens (including phenoxy) is 3. The molecule has 0 N–H and O–H groups in total. The third kappa shape index (κ3) is 9.19. The Bertz CT molecular complexity index is 953. The number of nitrogens with zero attached hydrogens (tertiary/aromatic N) is 1. The Morgan fingerprint density at radius 3 is 2.29 bits per heavy atom. The average Bonchev–Trinajstić information content (AvgIpc) is 2.85. The zero-order valence-corrected chi connectivity index (χ0v) is 20.1. The second-order valence-corrected chi connectivity index (χ2v) is 7.70. The molecule has 2 aromatic carbocycles. The summed E-state index contributed by atoms with van der Waals surface area (Å²) in [4.78, 5) is 38.7. The maximum Gasteiger partial charge on any atom is 0.338 e. The van der Waals surface area contributed by atoms with Gasteiger partial charge in [0.1, 0.15) is 6.61 Å². The fraction of sp³-hybridized carbons (Fsp3) is 0.370. The quantitative estimate of drug-likeness (QED) is 0.249. The van der Waals surface area contributed by atoms with Gasteiger partial charge in [-0.1, -0.05) is 42.5 Å². The van der Waals surface area contributed by atoms with Crippen LogP contribution in [-0.2, 0) is 30.4 Å². The van der Waals surface area contributed by atoms with Crippen LogP contribution in [0.3, 0.4) is 0 Å². The molecule has 0 aliphatic carbocycles. The van der Waals surface area contributed by atoms with Crippen molar-refractivity contribution in [1.82, 2.24) is 4.90 Å². The number of rotatable bonds is 13. The lowest BCUT2D eigenvalue weighted by Gasteiger charge is -2.22. The van der Waals surface area contributed by atoms with E-state index in [9.17, 15) is 14.4 Å². The first-order valence-electron chi connectivity index (χ1n) is 11.4. The van der Waals surface area contributed by atoms with Crippen LogP contribution >= 0.6 is 0 Å². The molecule has 182 valence electrons. The van der Waals surface area contributed by atoms with Crippen LogP contribution in [0.15, 0.2) is 60.2 Å². The molecule has 0 bridgehead atoms. The second-order valence-electron chi connectivity index (χ2n) is 7.70. The van der Waals surface area contributed by atoms with Crippen molar-refractivity contribution in [3.05, 3.63) is 76.9 Å². The molecule has 0 aromatic heterocycles. The average molecular weight is 468 g/mol. The molecule has 0 saturated carbocycles. The monoisotopic (exact) mass is 467 g/mol. The smallest absolute Gasteiger partial charge is 0.338 e. The van der Waals surface area contributed by atoms with Crippen LogP contribution in [0.5, 0.6) is 0 Å². The van der Waals surface area contributed by atoms with E-state index in [2.05, 4.69) is 0 Å². The summed E-state index contributed by atoms with van der Waals surface area (Å²) in [5, 5.41) is 0. The summed E-state index contributed by atoms with van der Waals surface area (Å²) in [6.07, 6.45) is 2.56. The predicted molar refractivity (Wildman–Crippen MR) is 130 cm³/mol. The molecule has 7 nitrogen and oxygen atoms in total. The van der Waals surface area contributed by atoms with Crippen molar-refractivity contribution in [2.24, 2.45) is 0 Å². The van der Waals surface area contributed by atoms with Gasteiger partial charge in [0.05, 0.1) is 18.6 Å². The minimum atomic E-state index is -0.407. The zero-order chi connectivity index (χ0) is 24.8. The predicted octanol–water partition coefficient (Wildman–Crippen LogP) is 4.27. The molecule has 0 aliphatic rings. The summed E-state index contributed by atoms with van der Waals surface area (Å²) in [6, 6.07) is 16.4. The molecule has 0 unspecified atom stereocenters. The molecule has 0 spiro atoms. The van der Waals surface area contributed by atoms with Gasteiger partial charge in [0.15, 0.2) is 0 Å². The van der Waals surface area contributed by atoms with E-state index < -0.39 is 5.97 Å². The van der Waals surface area contributed by atoms with E-state index in [0.29, 0.717) is 37.3 Å². The number of carbonyl (C=O) groups is 3. The molecule has 7 heteroatoms. The largest absolute Gasteiger partial charge is 0.466 e. The van der Waals surface area contributed by atoms with Crippen molar-refractivity contribution >= 4 is 23.9 Å². The molecule has 0 fully saturated rings. The van der Waals surface area contributed by atoms with Gasteiger partial charge in [0.2, 0.25) is 5.91 Å². The number of esters is 2. The minimum Gasteiger partial charge on any atom is -0.466 e. The summed E-state index contributed by atoms with van der Waals surface area (Å²) < 4.78 is 15.4. The van der Waals surface area contributed by atoms with Crippen molar-refractivity contribution in [3.63, 3.8) is 0 Å². The van der Waals surface area contributed by atoms with Crippen LogP contribution in [0, 0.1) is 0 Å². The van der Waals surface area contributed by atoms with E-state index in [-0.39, 0.29) is 31.4 Å². The SMILES string of the molecule is CCOC(=O)CCN(CCCOC)C(=O)/C(C)=C/c1ccc(C(=O)OCc2ccccc2)cc1. The minimum absolute atomic E-state index is 0.139. The molecule has 34 heavy (non-hydrogen) atoms. The number of benzene rings is 2. The third-order valence-electron chi connectivity index (χ3n) is 5.03. The van der Waals surface area contributed by atoms with Crippen LogP contribution in [0.4, 0.5) is 0 Å². The van der Waals surface area contributed by atoms with Crippen LogP contribution < -0.4 is 0 Å². The van der Waals surface area contributed by atoms with Gasteiger partial charge < -0.3 is 19.1 Å². The second kappa shape index (κ2) is 14.6. The van der Waals surface area contributed by atoms with Crippen molar-refractivity contribution in [3.8, 4) is 0 Å². The molecule has 0 aliphatic heterocycles. The van der Waals surface area contributed by atoms with E-state index in [1.54, 1.807) is 56.2 Å². The van der Waals surface area contributed by atoms with Crippen molar-refractivity contribution in [1.29, 1.82) is 0 Å². The summed E-state index contributed by atoms with van der Waals surface area (Å²) in [5.41, 5.74) is 2.67. The maximum absolute atomic E-state index is 13.0. The Labute approximate surface area is 201 Å². The van der Waals surface area contributed by atoms with Gasteiger partial charge in [-0.15, -0.1) is 0 Å². The first-order chi connectivity index (χ1) is 16.4. The molecule has 0 atom stereocenters. The highest BCUT2D eigenvalue weighted by atomic mass is 16.5. The number of hydrogen-bond donors (Lipinski definition) is 0. The van der Waals surface area contributed by atoms with Gasteiger partial charge in [-0.25, -0.2) is 4.79 Å². The van der Waals surface area contributed by atoms with Crippen LogP contribution in [0.25, 0.3) is 6.08 Å². The molecule has 0 saturated heterocycles. The van der Waals surface area contributed by atoms with Gasteiger partial charge in [-0.05, 0) is 49.6 Å². The van der Waals surface area contributed by atoms with Crippen molar-refractivity contribution in [2.45, 2.75) is 33.3 Å². The molecule has 0 heterocycles. The van der Waals surface area contributed by atoms with Crippen LogP contribution in [0.1, 0.15) is 48.2 Å². The fourth-order valence-electron chi connectivity index (χ4n) is 3.26. The number of carbonyl (C=O) groups excluding carboxylic acids is 3. The van der Waals surface area contributed by atoms with E-state index in [1.165, 1.54) is 0 Å². The number of hydrogen-bond acceptors (Lipinski definition) is 6.